The predicted molar refractivity (Wildman–Crippen MR) is 61.9 cm³/mol. The summed E-state index contributed by atoms with van der Waals surface area (Å²) >= 11 is 0. The Labute approximate surface area is 98.6 Å². The molecule has 0 fully saturated rings. The van der Waals surface area contributed by atoms with Gasteiger partial charge in [-0.3, -0.25) is 9.59 Å². The van der Waals surface area contributed by atoms with Crippen LogP contribution in [0.15, 0.2) is 23.1 Å². The maximum Gasteiger partial charge on any atom is 0.252 e. The van der Waals surface area contributed by atoms with E-state index in [1.165, 1.54) is 25.4 Å². The molecular formula is C11H16N2O4. The van der Waals surface area contributed by atoms with E-state index in [0.29, 0.717) is 18.5 Å². The third kappa shape index (κ3) is 4.80. The molecular weight excluding hydrogens is 224 g/mol. The zero-order chi connectivity index (χ0) is 12.7. The van der Waals surface area contributed by atoms with E-state index in [4.69, 9.17) is 4.74 Å². The summed E-state index contributed by atoms with van der Waals surface area (Å²) in [5, 5.41) is 12.0. The van der Waals surface area contributed by atoms with Crippen molar-refractivity contribution in [3.63, 3.8) is 0 Å². The summed E-state index contributed by atoms with van der Waals surface area (Å²) in [6.07, 6.45) is 1.18. The topological polar surface area (TPSA) is 91.4 Å². The molecule has 3 N–H and O–H groups in total. The molecule has 0 aromatic carbocycles. The number of ether oxygens (including phenoxy) is 1. The van der Waals surface area contributed by atoms with Crippen molar-refractivity contribution < 1.29 is 14.6 Å². The average molecular weight is 240 g/mol. The van der Waals surface area contributed by atoms with Gasteiger partial charge in [0.15, 0.2) is 0 Å². The van der Waals surface area contributed by atoms with Crippen LogP contribution in [0.2, 0.25) is 0 Å². The zero-order valence-electron chi connectivity index (χ0n) is 9.60. The summed E-state index contributed by atoms with van der Waals surface area (Å²) in [6, 6.07) is 2.73. The number of carbonyl (C=O) groups excluding carboxylic acids is 1. The SMILES string of the molecule is COCC(O)CCNC(=O)c1ccc(=O)[nH]c1. The van der Waals surface area contributed by atoms with Gasteiger partial charge < -0.3 is 20.1 Å². The van der Waals surface area contributed by atoms with Gasteiger partial charge in [0.1, 0.15) is 0 Å². The number of pyridine rings is 1. The van der Waals surface area contributed by atoms with Crippen LogP contribution in [0.5, 0.6) is 0 Å². The molecule has 1 amide bonds. The smallest absolute Gasteiger partial charge is 0.252 e. The number of aromatic nitrogens is 1. The van der Waals surface area contributed by atoms with E-state index in [2.05, 4.69) is 10.3 Å². The quantitative estimate of drug-likeness (QED) is 0.625. The zero-order valence-corrected chi connectivity index (χ0v) is 9.60. The summed E-state index contributed by atoms with van der Waals surface area (Å²) in [5.74, 6) is -0.286. The molecule has 0 aliphatic carbocycles. The number of aromatic amines is 1. The van der Waals surface area contributed by atoms with E-state index in [0.717, 1.165) is 0 Å². The molecule has 0 radical (unpaired) electrons. The van der Waals surface area contributed by atoms with Crippen molar-refractivity contribution >= 4 is 5.91 Å². The second-order valence-electron chi connectivity index (χ2n) is 3.60. The molecule has 0 aliphatic heterocycles. The molecule has 1 unspecified atom stereocenters. The van der Waals surface area contributed by atoms with Crippen molar-refractivity contribution in [1.29, 1.82) is 0 Å². The lowest BCUT2D eigenvalue weighted by Crippen LogP contribution is -2.28. The van der Waals surface area contributed by atoms with Gasteiger partial charge in [-0.1, -0.05) is 0 Å². The Bertz CT molecular complexity index is 396. The molecule has 17 heavy (non-hydrogen) atoms. The average Bonchev–Trinajstić information content (AvgIpc) is 2.30. The number of rotatable bonds is 6. The standard InChI is InChI=1S/C11H16N2O4/c1-17-7-9(14)4-5-12-11(16)8-2-3-10(15)13-6-8/h2-3,6,9,14H,4-5,7H2,1H3,(H,12,16)(H,13,15). The minimum Gasteiger partial charge on any atom is -0.391 e. The number of carbonyl (C=O) groups is 1. The van der Waals surface area contributed by atoms with Crippen LogP contribution >= 0.6 is 0 Å². The maximum atomic E-state index is 11.5. The number of hydrogen-bond acceptors (Lipinski definition) is 4. The van der Waals surface area contributed by atoms with Crippen molar-refractivity contribution in [2.45, 2.75) is 12.5 Å². The molecule has 0 bridgehead atoms. The third-order valence-electron chi connectivity index (χ3n) is 2.17. The van der Waals surface area contributed by atoms with Crippen LogP contribution in [0.25, 0.3) is 0 Å². The summed E-state index contributed by atoms with van der Waals surface area (Å²) in [4.78, 5) is 24.7. The van der Waals surface area contributed by atoms with E-state index in [9.17, 15) is 14.7 Å². The number of aliphatic hydroxyl groups excluding tert-OH is 1. The van der Waals surface area contributed by atoms with Crippen molar-refractivity contribution in [3.05, 3.63) is 34.2 Å². The highest BCUT2D eigenvalue weighted by Gasteiger charge is 2.07. The van der Waals surface area contributed by atoms with Gasteiger partial charge in [-0.2, -0.15) is 0 Å². The fourth-order valence-electron chi connectivity index (χ4n) is 1.28. The monoisotopic (exact) mass is 240 g/mol. The van der Waals surface area contributed by atoms with Crippen molar-refractivity contribution in [3.8, 4) is 0 Å². The fourth-order valence-corrected chi connectivity index (χ4v) is 1.28. The second-order valence-corrected chi connectivity index (χ2v) is 3.60. The van der Waals surface area contributed by atoms with Gasteiger partial charge in [0.2, 0.25) is 5.56 Å². The Hall–Kier alpha value is -1.66. The number of hydrogen-bond donors (Lipinski definition) is 3. The molecule has 1 aromatic heterocycles. The van der Waals surface area contributed by atoms with Crippen LogP contribution in [-0.4, -0.2) is 42.4 Å². The minimum absolute atomic E-state index is 0.245. The van der Waals surface area contributed by atoms with Gasteiger partial charge in [-0.15, -0.1) is 0 Å². The van der Waals surface area contributed by atoms with Gasteiger partial charge >= 0.3 is 0 Å². The first-order chi connectivity index (χ1) is 8.13. The van der Waals surface area contributed by atoms with Crippen LogP contribution in [0, 0.1) is 0 Å². The molecule has 0 aliphatic rings. The Morgan fingerprint density at radius 1 is 1.59 bits per heavy atom. The van der Waals surface area contributed by atoms with Gasteiger partial charge in [0.05, 0.1) is 18.3 Å². The third-order valence-corrected chi connectivity index (χ3v) is 2.17. The largest absolute Gasteiger partial charge is 0.391 e. The lowest BCUT2D eigenvalue weighted by atomic mass is 10.2. The number of nitrogens with one attached hydrogen (secondary N) is 2. The van der Waals surface area contributed by atoms with Crippen LogP contribution in [0.1, 0.15) is 16.8 Å². The van der Waals surface area contributed by atoms with Crippen LogP contribution in [0.3, 0.4) is 0 Å². The highest BCUT2D eigenvalue weighted by molar-refractivity contribution is 5.93. The number of aliphatic hydroxyl groups is 1. The molecule has 0 spiro atoms. The van der Waals surface area contributed by atoms with Gasteiger partial charge in [-0.05, 0) is 12.5 Å². The number of amides is 1. The lowest BCUT2D eigenvalue weighted by Gasteiger charge is -2.09. The van der Waals surface area contributed by atoms with Crippen molar-refractivity contribution in [1.82, 2.24) is 10.3 Å². The minimum atomic E-state index is -0.587. The van der Waals surface area contributed by atoms with Crippen molar-refractivity contribution in [2.24, 2.45) is 0 Å². The van der Waals surface area contributed by atoms with E-state index in [1.807, 2.05) is 0 Å². The summed E-state index contributed by atoms with van der Waals surface area (Å²) < 4.78 is 4.76. The molecule has 94 valence electrons. The molecule has 0 saturated carbocycles. The lowest BCUT2D eigenvalue weighted by molar-refractivity contribution is 0.0587. The summed E-state index contributed by atoms with van der Waals surface area (Å²) in [6.45, 7) is 0.594. The molecule has 1 heterocycles. The Morgan fingerprint density at radius 2 is 2.35 bits per heavy atom. The predicted octanol–water partition coefficient (Wildman–Crippen LogP) is -0.498. The molecule has 1 aromatic rings. The highest BCUT2D eigenvalue weighted by Crippen LogP contribution is 1.94. The van der Waals surface area contributed by atoms with Gasteiger partial charge in [0.25, 0.3) is 5.91 Å². The Kier molecular flexibility index (Phi) is 5.38. The first-order valence-electron chi connectivity index (χ1n) is 5.27. The first kappa shape index (κ1) is 13.4. The molecule has 6 heteroatoms. The highest BCUT2D eigenvalue weighted by atomic mass is 16.5. The van der Waals surface area contributed by atoms with Crippen LogP contribution < -0.4 is 10.9 Å². The summed E-state index contributed by atoms with van der Waals surface area (Å²) in [7, 11) is 1.50. The van der Waals surface area contributed by atoms with E-state index >= 15 is 0 Å². The normalized spacial score (nSPS) is 12.1. The molecule has 0 saturated heterocycles. The Morgan fingerprint density at radius 3 is 2.94 bits per heavy atom. The Balaban J connectivity index is 2.35. The fraction of sp³-hybridized carbons (Fsp3) is 0.455. The number of methoxy groups -OCH3 is 1. The number of H-pyrrole nitrogens is 1. The van der Waals surface area contributed by atoms with E-state index < -0.39 is 6.10 Å². The summed E-state index contributed by atoms with van der Waals surface area (Å²) in [5.41, 5.74) is 0.128. The van der Waals surface area contributed by atoms with Crippen LogP contribution in [-0.2, 0) is 4.74 Å². The first-order valence-corrected chi connectivity index (χ1v) is 5.27. The molecule has 6 nitrogen and oxygen atoms in total. The molecule has 1 rings (SSSR count). The van der Waals surface area contributed by atoms with Crippen LogP contribution in [0.4, 0.5) is 0 Å². The van der Waals surface area contributed by atoms with E-state index in [1.54, 1.807) is 0 Å². The van der Waals surface area contributed by atoms with Crippen molar-refractivity contribution in [2.75, 3.05) is 20.3 Å². The maximum absolute atomic E-state index is 11.5. The van der Waals surface area contributed by atoms with Gasteiger partial charge in [0, 0.05) is 25.9 Å². The molecule has 1 atom stereocenters. The van der Waals surface area contributed by atoms with Gasteiger partial charge in [-0.25, -0.2) is 0 Å². The second kappa shape index (κ2) is 6.82. The van der Waals surface area contributed by atoms with E-state index in [-0.39, 0.29) is 18.1 Å².